The number of hydrogen-bond acceptors (Lipinski definition) is 2. The first-order chi connectivity index (χ1) is 9.11. The number of imidazole rings is 1. The van der Waals surface area contributed by atoms with E-state index in [4.69, 9.17) is 23.2 Å². The molecule has 0 fully saturated rings. The molecule has 0 aliphatic heterocycles. The van der Waals surface area contributed by atoms with Crippen molar-refractivity contribution in [1.82, 2.24) is 14.9 Å². The van der Waals surface area contributed by atoms with Crippen LogP contribution in [0.3, 0.4) is 0 Å². The Labute approximate surface area is 123 Å². The van der Waals surface area contributed by atoms with Gasteiger partial charge in [0.15, 0.2) is 0 Å². The van der Waals surface area contributed by atoms with E-state index in [-0.39, 0.29) is 6.04 Å². The monoisotopic (exact) mass is 297 g/mol. The minimum Gasteiger partial charge on any atom is -0.338 e. The summed E-state index contributed by atoms with van der Waals surface area (Å²) in [7, 11) is 2.00. The van der Waals surface area contributed by atoms with Crippen molar-refractivity contribution >= 4 is 23.2 Å². The Kier molecular flexibility index (Phi) is 4.86. The van der Waals surface area contributed by atoms with Crippen LogP contribution >= 0.6 is 23.2 Å². The third kappa shape index (κ3) is 3.50. The van der Waals surface area contributed by atoms with Crippen LogP contribution in [0.5, 0.6) is 0 Å². The largest absolute Gasteiger partial charge is 0.338 e. The van der Waals surface area contributed by atoms with Crippen LogP contribution in [0, 0.1) is 0 Å². The normalized spacial score (nSPS) is 12.6. The molecule has 5 heteroatoms. The maximum absolute atomic E-state index is 6.09. The molecule has 1 aromatic carbocycles. The molecule has 1 heterocycles. The van der Waals surface area contributed by atoms with Crippen molar-refractivity contribution in [3.63, 3.8) is 0 Å². The van der Waals surface area contributed by atoms with Gasteiger partial charge in [-0.2, -0.15) is 0 Å². The molecule has 0 radical (unpaired) electrons. The third-order valence-electron chi connectivity index (χ3n) is 3.10. The summed E-state index contributed by atoms with van der Waals surface area (Å²) >= 11 is 12.1. The molecule has 0 saturated heterocycles. The Morgan fingerprint density at radius 1 is 1.32 bits per heavy atom. The first-order valence-electron chi connectivity index (χ1n) is 6.26. The zero-order valence-electron chi connectivity index (χ0n) is 11.0. The van der Waals surface area contributed by atoms with Crippen LogP contribution in [0.25, 0.3) is 0 Å². The van der Waals surface area contributed by atoms with Gasteiger partial charge in [0.25, 0.3) is 0 Å². The molecular formula is C14H17Cl2N3. The minimum absolute atomic E-state index is 0.181. The van der Waals surface area contributed by atoms with Crippen LogP contribution in [0.15, 0.2) is 30.6 Å². The van der Waals surface area contributed by atoms with Crippen LogP contribution in [0.4, 0.5) is 0 Å². The van der Waals surface area contributed by atoms with Crippen molar-refractivity contribution in [2.24, 2.45) is 7.05 Å². The molecule has 1 atom stereocenters. The molecule has 0 aliphatic rings. The van der Waals surface area contributed by atoms with E-state index in [1.807, 2.05) is 42.2 Å². The Balaban J connectivity index is 2.24. The highest BCUT2D eigenvalue weighted by molar-refractivity contribution is 6.42. The summed E-state index contributed by atoms with van der Waals surface area (Å²) in [6.07, 6.45) is 4.58. The first kappa shape index (κ1) is 14.4. The highest BCUT2D eigenvalue weighted by atomic mass is 35.5. The second-order valence-corrected chi connectivity index (χ2v) is 5.26. The SMILES string of the molecule is CCNC(Cc1nccn1C)c1ccc(Cl)c(Cl)c1. The maximum Gasteiger partial charge on any atom is 0.110 e. The summed E-state index contributed by atoms with van der Waals surface area (Å²) < 4.78 is 2.03. The molecule has 1 N–H and O–H groups in total. The number of aryl methyl sites for hydroxylation is 1. The predicted octanol–water partition coefficient (Wildman–Crippen LogP) is 3.62. The molecule has 2 rings (SSSR count). The van der Waals surface area contributed by atoms with Gasteiger partial charge < -0.3 is 9.88 Å². The Morgan fingerprint density at radius 3 is 2.68 bits per heavy atom. The van der Waals surface area contributed by atoms with E-state index in [0.29, 0.717) is 10.0 Å². The number of rotatable bonds is 5. The zero-order chi connectivity index (χ0) is 13.8. The summed E-state index contributed by atoms with van der Waals surface area (Å²) in [5.41, 5.74) is 1.12. The summed E-state index contributed by atoms with van der Waals surface area (Å²) in [6, 6.07) is 5.94. The van der Waals surface area contributed by atoms with Crippen molar-refractivity contribution in [3.8, 4) is 0 Å². The Bertz CT molecular complexity index is 551. The van der Waals surface area contributed by atoms with E-state index in [2.05, 4.69) is 17.2 Å². The van der Waals surface area contributed by atoms with Crippen molar-refractivity contribution in [3.05, 3.63) is 52.0 Å². The number of benzene rings is 1. The molecule has 102 valence electrons. The quantitative estimate of drug-likeness (QED) is 0.913. The van der Waals surface area contributed by atoms with E-state index >= 15 is 0 Å². The highest BCUT2D eigenvalue weighted by Crippen LogP contribution is 2.27. The average Bonchev–Trinajstić information content (AvgIpc) is 2.78. The fourth-order valence-corrected chi connectivity index (χ4v) is 2.37. The summed E-state index contributed by atoms with van der Waals surface area (Å²) in [5, 5.41) is 4.62. The number of aromatic nitrogens is 2. The molecule has 1 aromatic heterocycles. The van der Waals surface area contributed by atoms with Gasteiger partial charge in [-0.05, 0) is 24.2 Å². The lowest BCUT2D eigenvalue weighted by molar-refractivity contribution is 0.529. The van der Waals surface area contributed by atoms with Gasteiger partial charge in [0.1, 0.15) is 5.82 Å². The van der Waals surface area contributed by atoms with E-state index in [9.17, 15) is 0 Å². The zero-order valence-corrected chi connectivity index (χ0v) is 12.5. The number of nitrogens with one attached hydrogen (secondary N) is 1. The molecule has 3 nitrogen and oxygen atoms in total. The number of hydrogen-bond donors (Lipinski definition) is 1. The van der Waals surface area contributed by atoms with Crippen LogP contribution in [0.1, 0.15) is 24.4 Å². The second-order valence-electron chi connectivity index (χ2n) is 4.44. The lowest BCUT2D eigenvalue weighted by atomic mass is 10.0. The average molecular weight is 298 g/mol. The van der Waals surface area contributed by atoms with Gasteiger partial charge in [-0.3, -0.25) is 0 Å². The fourth-order valence-electron chi connectivity index (χ4n) is 2.06. The molecule has 0 aliphatic carbocycles. The second kappa shape index (κ2) is 6.42. The third-order valence-corrected chi connectivity index (χ3v) is 3.84. The molecular weight excluding hydrogens is 281 g/mol. The van der Waals surface area contributed by atoms with Gasteiger partial charge in [-0.25, -0.2) is 4.98 Å². The van der Waals surface area contributed by atoms with E-state index < -0.39 is 0 Å². The van der Waals surface area contributed by atoms with Crippen LogP contribution < -0.4 is 5.32 Å². The van der Waals surface area contributed by atoms with Crippen LogP contribution in [-0.4, -0.2) is 16.1 Å². The molecule has 0 spiro atoms. The Morgan fingerprint density at radius 2 is 2.11 bits per heavy atom. The van der Waals surface area contributed by atoms with Crippen molar-refractivity contribution < 1.29 is 0 Å². The molecule has 0 bridgehead atoms. The summed E-state index contributed by atoms with van der Waals surface area (Å²) in [4.78, 5) is 4.37. The van der Waals surface area contributed by atoms with Crippen LogP contribution in [0.2, 0.25) is 10.0 Å². The van der Waals surface area contributed by atoms with Crippen molar-refractivity contribution in [1.29, 1.82) is 0 Å². The molecule has 1 unspecified atom stereocenters. The van der Waals surface area contributed by atoms with Crippen molar-refractivity contribution in [2.45, 2.75) is 19.4 Å². The lowest BCUT2D eigenvalue weighted by Crippen LogP contribution is -2.24. The van der Waals surface area contributed by atoms with Gasteiger partial charge in [0.2, 0.25) is 0 Å². The fraction of sp³-hybridized carbons (Fsp3) is 0.357. The van der Waals surface area contributed by atoms with E-state index in [1.165, 1.54) is 0 Å². The lowest BCUT2D eigenvalue weighted by Gasteiger charge is -2.18. The van der Waals surface area contributed by atoms with Crippen molar-refractivity contribution in [2.75, 3.05) is 6.54 Å². The minimum atomic E-state index is 0.181. The van der Waals surface area contributed by atoms with Gasteiger partial charge in [-0.1, -0.05) is 36.2 Å². The molecule has 2 aromatic rings. The van der Waals surface area contributed by atoms with Gasteiger partial charge in [0, 0.05) is 31.9 Å². The molecule has 19 heavy (non-hydrogen) atoms. The number of likely N-dealkylation sites (N-methyl/N-ethyl adjacent to an activating group) is 1. The molecule has 0 saturated carbocycles. The van der Waals surface area contributed by atoms with Gasteiger partial charge in [-0.15, -0.1) is 0 Å². The van der Waals surface area contributed by atoms with Crippen LogP contribution in [-0.2, 0) is 13.5 Å². The molecule has 0 amide bonds. The van der Waals surface area contributed by atoms with Gasteiger partial charge in [0.05, 0.1) is 10.0 Å². The van der Waals surface area contributed by atoms with E-state index in [0.717, 1.165) is 24.4 Å². The maximum atomic E-state index is 6.09. The van der Waals surface area contributed by atoms with E-state index in [1.54, 1.807) is 0 Å². The predicted molar refractivity (Wildman–Crippen MR) is 79.8 cm³/mol. The highest BCUT2D eigenvalue weighted by Gasteiger charge is 2.14. The first-order valence-corrected chi connectivity index (χ1v) is 7.02. The topological polar surface area (TPSA) is 29.9 Å². The summed E-state index contributed by atoms with van der Waals surface area (Å²) in [6.45, 7) is 2.97. The Hall–Kier alpha value is -1.03. The smallest absolute Gasteiger partial charge is 0.110 e. The standard InChI is InChI=1S/C14H17Cl2N3/c1-3-17-13(9-14-18-6-7-19(14)2)10-4-5-11(15)12(16)8-10/h4-8,13,17H,3,9H2,1-2H3. The number of nitrogens with zero attached hydrogens (tertiary/aromatic N) is 2. The van der Waals surface area contributed by atoms with Gasteiger partial charge >= 0.3 is 0 Å². The number of halogens is 2. The summed E-state index contributed by atoms with van der Waals surface area (Å²) in [5.74, 6) is 1.04.